The van der Waals surface area contributed by atoms with Gasteiger partial charge < -0.3 is 10.6 Å². The summed E-state index contributed by atoms with van der Waals surface area (Å²) in [5.74, 6) is 1.08. The van der Waals surface area contributed by atoms with E-state index in [4.69, 9.17) is 0 Å². The van der Waals surface area contributed by atoms with Gasteiger partial charge in [0.2, 0.25) is 0 Å². The standard InChI is InChI=1S/C17H23N5O2S/c1-4-18-17(20-10-16-21-15(11-25-16)12(2)3)19-9-13-6-5-7-14(8-13)22(23)24/h5-8,11-12H,4,9-10H2,1-3H3,(H2,18,19,20). The predicted octanol–water partition coefficient (Wildman–Crippen LogP) is 3.43. The highest BCUT2D eigenvalue weighted by molar-refractivity contribution is 7.09. The molecule has 0 atom stereocenters. The molecule has 8 heteroatoms. The molecule has 0 radical (unpaired) electrons. The van der Waals surface area contributed by atoms with E-state index in [0.717, 1.165) is 22.8 Å². The molecule has 0 fully saturated rings. The Labute approximate surface area is 151 Å². The summed E-state index contributed by atoms with van der Waals surface area (Å²) in [6, 6.07) is 6.52. The Kier molecular flexibility index (Phi) is 6.88. The Morgan fingerprint density at radius 3 is 2.84 bits per heavy atom. The first-order valence-corrected chi connectivity index (χ1v) is 9.07. The van der Waals surface area contributed by atoms with Crippen molar-refractivity contribution in [2.75, 3.05) is 6.54 Å². The molecule has 0 aliphatic rings. The Morgan fingerprint density at radius 1 is 1.40 bits per heavy atom. The van der Waals surface area contributed by atoms with Crippen molar-refractivity contribution in [1.82, 2.24) is 15.6 Å². The van der Waals surface area contributed by atoms with E-state index in [-0.39, 0.29) is 5.69 Å². The van der Waals surface area contributed by atoms with Gasteiger partial charge in [-0.05, 0) is 18.4 Å². The van der Waals surface area contributed by atoms with E-state index in [0.29, 0.717) is 25.0 Å². The highest BCUT2D eigenvalue weighted by Gasteiger charge is 2.07. The topological polar surface area (TPSA) is 92.5 Å². The molecular weight excluding hydrogens is 338 g/mol. The van der Waals surface area contributed by atoms with Gasteiger partial charge in [-0.2, -0.15) is 0 Å². The number of guanidine groups is 1. The van der Waals surface area contributed by atoms with Crippen LogP contribution in [0.15, 0.2) is 34.6 Å². The van der Waals surface area contributed by atoms with E-state index in [1.807, 2.05) is 13.0 Å². The van der Waals surface area contributed by atoms with Gasteiger partial charge in [-0.15, -0.1) is 11.3 Å². The normalized spacial score (nSPS) is 11.6. The van der Waals surface area contributed by atoms with E-state index < -0.39 is 4.92 Å². The minimum Gasteiger partial charge on any atom is -0.357 e. The van der Waals surface area contributed by atoms with Crippen molar-refractivity contribution in [2.45, 2.75) is 39.8 Å². The summed E-state index contributed by atoms with van der Waals surface area (Å²) in [5, 5.41) is 20.3. The first-order valence-electron chi connectivity index (χ1n) is 8.19. The van der Waals surface area contributed by atoms with Crippen LogP contribution in [0.4, 0.5) is 5.69 Å². The van der Waals surface area contributed by atoms with Crippen LogP contribution >= 0.6 is 11.3 Å². The number of non-ortho nitro benzene ring substituents is 1. The van der Waals surface area contributed by atoms with Crippen molar-refractivity contribution in [1.29, 1.82) is 0 Å². The number of hydrogen-bond acceptors (Lipinski definition) is 5. The molecule has 0 spiro atoms. The quantitative estimate of drug-likeness (QED) is 0.341. The zero-order valence-corrected chi connectivity index (χ0v) is 15.5. The minimum absolute atomic E-state index is 0.0784. The summed E-state index contributed by atoms with van der Waals surface area (Å²) in [6.45, 7) is 7.93. The number of hydrogen-bond donors (Lipinski definition) is 2. The van der Waals surface area contributed by atoms with E-state index in [2.05, 4.69) is 39.8 Å². The van der Waals surface area contributed by atoms with Gasteiger partial charge in [0.15, 0.2) is 5.96 Å². The van der Waals surface area contributed by atoms with E-state index in [1.54, 1.807) is 23.5 Å². The van der Waals surface area contributed by atoms with Crippen LogP contribution in [0.5, 0.6) is 0 Å². The molecule has 2 N–H and O–H groups in total. The smallest absolute Gasteiger partial charge is 0.269 e. The van der Waals surface area contributed by atoms with Crippen LogP contribution in [0.25, 0.3) is 0 Å². The van der Waals surface area contributed by atoms with Gasteiger partial charge >= 0.3 is 0 Å². The molecular formula is C17H23N5O2S. The van der Waals surface area contributed by atoms with E-state index in [1.165, 1.54) is 6.07 Å². The molecule has 0 aliphatic carbocycles. The van der Waals surface area contributed by atoms with E-state index >= 15 is 0 Å². The van der Waals surface area contributed by atoms with Crippen LogP contribution in [-0.2, 0) is 13.1 Å². The maximum atomic E-state index is 10.8. The second kappa shape index (κ2) is 9.12. The zero-order valence-electron chi connectivity index (χ0n) is 14.7. The van der Waals surface area contributed by atoms with Gasteiger partial charge in [0.05, 0.1) is 23.7 Å². The molecule has 1 aromatic carbocycles. The number of nitro groups is 1. The molecule has 0 amide bonds. The zero-order chi connectivity index (χ0) is 18.2. The molecule has 2 rings (SSSR count). The summed E-state index contributed by atoms with van der Waals surface area (Å²) >= 11 is 1.63. The summed E-state index contributed by atoms with van der Waals surface area (Å²) in [7, 11) is 0. The van der Waals surface area contributed by atoms with Crippen molar-refractivity contribution >= 4 is 23.0 Å². The van der Waals surface area contributed by atoms with Crippen molar-refractivity contribution in [3.05, 3.63) is 56.0 Å². The van der Waals surface area contributed by atoms with Crippen LogP contribution in [0.2, 0.25) is 0 Å². The van der Waals surface area contributed by atoms with Gasteiger partial charge in [0, 0.05) is 24.1 Å². The molecule has 7 nitrogen and oxygen atoms in total. The third-order valence-corrected chi connectivity index (χ3v) is 4.32. The molecule has 134 valence electrons. The van der Waals surface area contributed by atoms with Crippen LogP contribution in [-0.4, -0.2) is 22.4 Å². The molecule has 2 aromatic rings. The summed E-state index contributed by atoms with van der Waals surface area (Å²) < 4.78 is 0. The van der Waals surface area contributed by atoms with Crippen LogP contribution in [0.3, 0.4) is 0 Å². The van der Waals surface area contributed by atoms with Gasteiger partial charge in [-0.3, -0.25) is 10.1 Å². The van der Waals surface area contributed by atoms with Crippen molar-refractivity contribution in [2.24, 2.45) is 4.99 Å². The monoisotopic (exact) mass is 361 g/mol. The maximum absolute atomic E-state index is 10.8. The molecule has 0 saturated carbocycles. The Bertz CT molecular complexity index is 742. The Balaban J connectivity index is 2.00. The lowest BCUT2D eigenvalue weighted by atomic mass is 10.2. The number of nitrogens with one attached hydrogen (secondary N) is 2. The SMILES string of the molecule is CCNC(=NCc1cccc([N+](=O)[O-])c1)NCc1nc(C(C)C)cs1. The molecule has 0 bridgehead atoms. The Hall–Kier alpha value is -2.48. The first kappa shape index (κ1) is 18.9. The second-order valence-corrected chi connectivity index (χ2v) is 6.74. The number of rotatable bonds is 7. The number of benzene rings is 1. The maximum Gasteiger partial charge on any atom is 0.269 e. The summed E-state index contributed by atoms with van der Waals surface area (Å²) in [4.78, 5) is 19.5. The lowest BCUT2D eigenvalue weighted by molar-refractivity contribution is -0.384. The average Bonchev–Trinajstić information content (AvgIpc) is 3.07. The van der Waals surface area contributed by atoms with Crippen molar-refractivity contribution < 1.29 is 4.92 Å². The van der Waals surface area contributed by atoms with Crippen LogP contribution < -0.4 is 10.6 Å². The van der Waals surface area contributed by atoms with Crippen molar-refractivity contribution in [3.8, 4) is 0 Å². The molecule has 0 saturated heterocycles. The van der Waals surface area contributed by atoms with E-state index in [9.17, 15) is 10.1 Å². The number of aliphatic imine (C=N–C) groups is 1. The third kappa shape index (κ3) is 5.82. The molecule has 0 aliphatic heterocycles. The summed E-state index contributed by atoms with van der Waals surface area (Å²) in [6.07, 6.45) is 0. The fraction of sp³-hybridized carbons (Fsp3) is 0.412. The van der Waals surface area contributed by atoms with Gasteiger partial charge in [0.1, 0.15) is 5.01 Å². The average molecular weight is 361 g/mol. The molecule has 1 heterocycles. The first-order chi connectivity index (χ1) is 12.0. The number of nitro benzene ring substituents is 1. The molecule has 25 heavy (non-hydrogen) atoms. The number of aromatic nitrogens is 1. The highest BCUT2D eigenvalue weighted by Crippen LogP contribution is 2.17. The van der Waals surface area contributed by atoms with Gasteiger partial charge in [-0.1, -0.05) is 26.0 Å². The lowest BCUT2D eigenvalue weighted by Gasteiger charge is -2.10. The van der Waals surface area contributed by atoms with Crippen molar-refractivity contribution in [3.63, 3.8) is 0 Å². The highest BCUT2D eigenvalue weighted by atomic mass is 32.1. The van der Waals surface area contributed by atoms with Gasteiger partial charge in [-0.25, -0.2) is 9.98 Å². The molecule has 1 aromatic heterocycles. The number of nitrogens with zero attached hydrogens (tertiary/aromatic N) is 3. The third-order valence-electron chi connectivity index (χ3n) is 3.45. The summed E-state index contributed by atoms with van der Waals surface area (Å²) in [5.41, 5.74) is 1.97. The fourth-order valence-corrected chi connectivity index (χ4v) is 3.01. The van der Waals surface area contributed by atoms with Crippen LogP contribution in [0.1, 0.15) is 43.0 Å². The minimum atomic E-state index is -0.397. The number of thiazole rings is 1. The van der Waals surface area contributed by atoms with Crippen LogP contribution in [0, 0.1) is 10.1 Å². The molecule has 0 unspecified atom stereocenters. The fourth-order valence-electron chi connectivity index (χ4n) is 2.11. The predicted molar refractivity (Wildman–Crippen MR) is 101 cm³/mol. The van der Waals surface area contributed by atoms with Gasteiger partial charge in [0.25, 0.3) is 5.69 Å². The largest absolute Gasteiger partial charge is 0.357 e. The second-order valence-electron chi connectivity index (χ2n) is 5.80. The Morgan fingerprint density at radius 2 is 2.20 bits per heavy atom. The lowest BCUT2D eigenvalue weighted by Crippen LogP contribution is -2.36.